The van der Waals surface area contributed by atoms with Crippen LogP contribution in [0.3, 0.4) is 0 Å². The molecule has 0 unspecified atom stereocenters. The Morgan fingerprint density at radius 1 is 1.00 bits per heavy atom. The summed E-state index contributed by atoms with van der Waals surface area (Å²) in [4.78, 5) is 24.4. The lowest BCUT2D eigenvalue weighted by atomic mass is 10.2. The number of carbonyl (C=O) groups is 2. The van der Waals surface area contributed by atoms with E-state index in [0.717, 1.165) is 19.3 Å². The number of nitrogens with one attached hydrogen (secondary N) is 2. The van der Waals surface area contributed by atoms with Crippen LogP contribution in [0.1, 0.15) is 56.8 Å². The zero-order valence-corrected chi connectivity index (χ0v) is 16.2. The van der Waals surface area contributed by atoms with Crippen LogP contribution < -0.4 is 15.4 Å². The van der Waals surface area contributed by atoms with Gasteiger partial charge in [0.2, 0.25) is 5.91 Å². The van der Waals surface area contributed by atoms with Crippen molar-refractivity contribution in [1.29, 1.82) is 0 Å². The van der Waals surface area contributed by atoms with E-state index >= 15 is 0 Å². The van der Waals surface area contributed by atoms with Gasteiger partial charge in [0.1, 0.15) is 5.75 Å². The molecule has 2 N–H and O–H groups in total. The Morgan fingerprint density at radius 2 is 1.70 bits per heavy atom. The monoisotopic (exact) mass is 368 g/mol. The summed E-state index contributed by atoms with van der Waals surface area (Å²) in [6.07, 6.45) is 3.32. The Kier molecular flexibility index (Phi) is 7.86. The molecular formula is C22H28N2O3. The molecule has 144 valence electrons. The van der Waals surface area contributed by atoms with E-state index in [-0.39, 0.29) is 17.9 Å². The molecule has 2 rings (SSSR count). The molecule has 2 aromatic rings. The molecule has 2 aromatic carbocycles. The quantitative estimate of drug-likeness (QED) is 0.635. The van der Waals surface area contributed by atoms with Crippen molar-refractivity contribution in [2.24, 2.45) is 0 Å². The molecule has 0 heterocycles. The van der Waals surface area contributed by atoms with Gasteiger partial charge >= 0.3 is 0 Å². The van der Waals surface area contributed by atoms with E-state index in [1.54, 1.807) is 42.5 Å². The molecule has 0 aliphatic heterocycles. The molecule has 5 nitrogen and oxygen atoms in total. The van der Waals surface area contributed by atoms with Crippen LogP contribution in [0.15, 0.2) is 48.5 Å². The third-order valence-corrected chi connectivity index (χ3v) is 4.17. The second-order valence-corrected chi connectivity index (χ2v) is 6.55. The van der Waals surface area contributed by atoms with Crippen molar-refractivity contribution in [2.75, 3.05) is 10.6 Å². The van der Waals surface area contributed by atoms with Gasteiger partial charge in [0.15, 0.2) is 0 Å². The van der Waals surface area contributed by atoms with Crippen LogP contribution in [0.25, 0.3) is 0 Å². The van der Waals surface area contributed by atoms with Crippen LogP contribution in [0.5, 0.6) is 5.75 Å². The highest BCUT2D eigenvalue weighted by molar-refractivity contribution is 6.05. The number of unbranched alkanes of at least 4 members (excludes halogenated alkanes) is 1. The first-order valence-electron chi connectivity index (χ1n) is 9.49. The Balaban J connectivity index is 2.02. The zero-order valence-electron chi connectivity index (χ0n) is 16.2. The van der Waals surface area contributed by atoms with Crippen molar-refractivity contribution >= 4 is 23.2 Å². The summed E-state index contributed by atoms with van der Waals surface area (Å²) in [5.74, 6) is 0.434. The van der Waals surface area contributed by atoms with Crippen molar-refractivity contribution in [1.82, 2.24) is 0 Å². The van der Waals surface area contributed by atoms with Gasteiger partial charge in [-0.1, -0.05) is 32.4 Å². The molecule has 27 heavy (non-hydrogen) atoms. The maximum atomic E-state index is 12.5. The third-order valence-electron chi connectivity index (χ3n) is 4.17. The van der Waals surface area contributed by atoms with Crippen LogP contribution in [0, 0.1) is 0 Å². The fourth-order valence-electron chi connectivity index (χ4n) is 2.47. The summed E-state index contributed by atoms with van der Waals surface area (Å²) in [5.41, 5.74) is 1.82. The van der Waals surface area contributed by atoms with E-state index in [9.17, 15) is 9.59 Å². The van der Waals surface area contributed by atoms with Gasteiger partial charge in [-0.25, -0.2) is 0 Å². The summed E-state index contributed by atoms with van der Waals surface area (Å²) in [6.45, 7) is 6.09. The summed E-state index contributed by atoms with van der Waals surface area (Å²) in [5, 5.41) is 5.72. The van der Waals surface area contributed by atoms with Crippen LogP contribution in [0.4, 0.5) is 11.4 Å². The first-order chi connectivity index (χ1) is 13.0. The Hall–Kier alpha value is -2.82. The van der Waals surface area contributed by atoms with E-state index in [1.807, 2.05) is 19.9 Å². The van der Waals surface area contributed by atoms with Crippen LogP contribution in [-0.2, 0) is 4.79 Å². The molecule has 1 atom stereocenters. The molecular weight excluding hydrogens is 340 g/mol. The molecule has 0 radical (unpaired) electrons. The number of hydrogen-bond acceptors (Lipinski definition) is 3. The van der Waals surface area contributed by atoms with Gasteiger partial charge in [-0.2, -0.15) is 0 Å². The Bertz CT molecular complexity index is 774. The molecule has 0 bridgehead atoms. The normalized spacial score (nSPS) is 11.5. The molecule has 0 aliphatic rings. The fraction of sp³-hybridized carbons (Fsp3) is 0.364. The number of carbonyl (C=O) groups excluding carboxylic acids is 2. The lowest BCUT2D eigenvalue weighted by Crippen LogP contribution is -2.14. The molecule has 0 aliphatic carbocycles. The zero-order chi connectivity index (χ0) is 19.6. The fourth-order valence-corrected chi connectivity index (χ4v) is 2.47. The summed E-state index contributed by atoms with van der Waals surface area (Å²) in [6, 6.07) is 14.3. The average Bonchev–Trinajstić information content (AvgIpc) is 2.66. The van der Waals surface area contributed by atoms with Gasteiger partial charge in [-0.15, -0.1) is 0 Å². The molecule has 0 spiro atoms. The van der Waals surface area contributed by atoms with E-state index in [2.05, 4.69) is 17.6 Å². The number of anilines is 2. The van der Waals surface area contributed by atoms with E-state index in [0.29, 0.717) is 29.1 Å². The molecule has 0 saturated carbocycles. The van der Waals surface area contributed by atoms with E-state index in [1.165, 1.54) is 0 Å². The van der Waals surface area contributed by atoms with Gasteiger partial charge in [0, 0.05) is 23.4 Å². The number of benzene rings is 2. The van der Waals surface area contributed by atoms with Gasteiger partial charge in [0.05, 0.1) is 6.10 Å². The van der Waals surface area contributed by atoms with Gasteiger partial charge < -0.3 is 15.4 Å². The minimum atomic E-state index is -0.223. The van der Waals surface area contributed by atoms with Gasteiger partial charge in [-0.3, -0.25) is 9.59 Å². The number of amides is 2. The third kappa shape index (κ3) is 6.77. The molecule has 0 saturated heterocycles. The summed E-state index contributed by atoms with van der Waals surface area (Å²) >= 11 is 0. The topological polar surface area (TPSA) is 67.4 Å². The minimum Gasteiger partial charge on any atom is -0.491 e. The van der Waals surface area contributed by atoms with Crippen LogP contribution in [0.2, 0.25) is 0 Å². The highest BCUT2D eigenvalue weighted by Crippen LogP contribution is 2.19. The van der Waals surface area contributed by atoms with Crippen molar-refractivity contribution in [2.45, 2.75) is 52.6 Å². The highest BCUT2D eigenvalue weighted by atomic mass is 16.5. The van der Waals surface area contributed by atoms with Crippen molar-refractivity contribution in [3.05, 3.63) is 54.1 Å². The predicted octanol–water partition coefficient (Wildman–Crippen LogP) is 5.24. The Morgan fingerprint density at radius 3 is 2.41 bits per heavy atom. The van der Waals surface area contributed by atoms with Crippen LogP contribution >= 0.6 is 0 Å². The summed E-state index contributed by atoms with van der Waals surface area (Å²) in [7, 11) is 0. The molecule has 0 aromatic heterocycles. The molecule has 0 fully saturated rings. The van der Waals surface area contributed by atoms with Crippen molar-refractivity contribution in [3.63, 3.8) is 0 Å². The number of hydrogen-bond donors (Lipinski definition) is 2. The molecule has 5 heteroatoms. The molecule has 2 amide bonds. The highest BCUT2D eigenvalue weighted by Gasteiger charge is 2.10. The van der Waals surface area contributed by atoms with E-state index in [4.69, 9.17) is 4.74 Å². The maximum Gasteiger partial charge on any atom is 0.255 e. The van der Waals surface area contributed by atoms with Gasteiger partial charge in [0.25, 0.3) is 5.91 Å². The van der Waals surface area contributed by atoms with Gasteiger partial charge in [-0.05, 0) is 56.2 Å². The van der Waals surface area contributed by atoms with E-state index < -0.39 is 0 Å². The first kappa shape index (κ1) is 20.5. The standard InChI is InChI=1S/C22H28N2O3/c1-4-6-13-21(25)23-18-10-8-11-19(15-18)24-22(26)17-9-7-12-20(14-17)27-16(3)5-2/h7-12,14-16H,4-6,13H2,1-3H3,(H,23,25)(H,24,26)/t16-/m1/s1. The second-order valence-electron chi connectivity index (χ2n) is 6.55. The average molecular weight is 368 g/mol. The lowest BCUT2D eigenvalue weighted by Gasteiger charge is -2.13. The predicted molar refractivity (Wildman–Crippen MR) is 109 cm³/mol. The lowest BCUT2D eigenvalue weighted by molar-refractivity contribution is -0.116. The largest absolute Gasteiger partial charge is 0.491 e. The maximum absolute atomic E-state index is 12.5. The summed E-state index contributed by atoms with van der Waals surface area (Å²) < 4.78 is 5.77. The smallest absolute Gasteiger partial charge is 0.255 e. The first-order valence-corrected chi connectivity index (χ1v) is 9.49. The SMILES string of the molecule is CCCCC(=O)Nc1cccc(NC(=O)c2cccc(O[C@H](C)CC)c2)c1. The Labute approximate surface area is 161 Å². The minimum absolute atomic E-state index is 0.0183. The number of ether oxygens (including phenoxy) is 1. The van der Waals surface area contributed by atoms with Crippen molar-refractivity contribution in [3.8, 4) is 5.75 Å². The number of rotatable bonds is 9. The second kappa shape index (κ2) is 10.4. The van der Waals surface area contributed by atoms with Crippen LogP contribution in [-0.4, -0.2) is 17.9 Å². The van der Waals surface area contributed by atoms with Crippen molar-refractivity contribution < 1.29 is 14.3 Å².